The average molecular weight is 357 g/mol. The topological polar surface area (TPSA) is 97.0 Å². The fourth-order valence-corrected chi connectivity index (χ4v) is 4.10. The highest BCUT2D eigenvalue weighted by Gasteiger charge is 2.38. The van der Waals surface area contributed by atoms with Gasteiger partial charge in [-0.05, 0) is 19.2 Å². The van der Waals surface area contributed by atoms with Crippen molar-refractivity contribution in [2.75, 3.05) is 41.4 Å². The van der Waals surface area contributed by atoms with E-state index in [4.69, 9.17) is 9.47 Å². The minimum atomic E-state index is -3.79. The maximum atomic E-state index is 12.7. The molecule has 2 N–H and O–H groups in total. The SMILES string of the molecule is CNC(=O)[C@H]1CN(C)C[C@@H]1NS(=O)(=O)c1ccc(OC)c(OC)c1. The summed E-state index contributed by atoms with van der Waals surface area (Å²) in [7, 11) is 2.52. The van der Waals surface area contributed by atoms with Gasteiger partial charge in [0.2, 0.25) is 15.9 Å². The van der Waals surface area contributed by atoms with Crippen LogP contribution in [0.2, 0.25) is 0 Å². The molecule has 0 spiro atoms. The molecule has 1 saturated heterocycles. The molecule has 1 aliphatic heterocycles. The van der Waals surface area contributed by atoms with Crippen molar-refractivity contribution in [3.63, 3.8) is 0 Å². The number of likely N-dealkylation sites (N-methyl/N-ethyl adjacent to an activating group) is 1. The maximum Gasteiger partial charge on any atom is 0.241 e. The lowest BCUT2D eigenvalue weighted by Crippen LogP contribution is -2.45. The highest BCUT2D eigenvalue weighted by molar-refractivity contribution is 7.89. The van der Waals surface area contributed by atoms with E-state index in [0.717, 1.165) is 0 Å². The molecule has 1 aromatic carbocycles. The van der Waals surface area contributed by atoms with E-state index in [1.807, 2.05) is 11.9 Å². The third kappa shape index (κ3) is 3.80. The number of likely N-dealkylation sites (tertiary alicyclic amines) is 1. The number of hydrogen-bond acceptors (Lipinski definition) is 6. The molecule has 2 rings (SSSR count). The van der Waals surface area contributed by atoms with Crippen molar-refractivity contribution in [3.05, 3.63) is 18.2 Å². The van der Waals surface area contributed by atoms with E-state index in [9.17, 15) is 13.2 Å². The van der Waals surface area contributed by atoms with E-state index in [0.29, 0.717) is 24.6 Å². The monoisotopic (exact) mass is 357 g/mol. The second kappa shape index (κ2) is 7.37. The summed E-state index contributed by atoms with van der Waals surface area (Å²) in [5.41, 5.74) is 0. The third-order valence-electron chi connectivity index (χ3n) is 4.06. The first-order chi connectivity index (χ1) is 11.3. The molecule has 1 amide bonds. The predicted octanol–water partition coefficient (Wildman–Crippen LogP) is -0.342. The molecule has 0 unspecified atom stereocenters. The Labute approximate surface area is 142 Å². The molecule has 9 heteroatoms. The van der Waals surface area contributed by atoms with Gasteiger partial charge in [-0.3, -0.25) is 4.79 Å². The largest absolute Gasteiger partial charge is 0.493 e. The van der Waals surface area contributed by atoms with Gasteiger partial charge < -0.3 is 19.7 Å². The molecule has 134 valence electrons. The Morgan fingerprint density at radius 1 is 1.21 bits per heavy atom. The van der Waals surface area contributed by atoms with Gasteiger partial charge in [0.05, 0.1) is 25.0 Å². The molecule has 0 saturated carbocycles. The highest BCUT2D eigenvalue weighted by Crippen LogP contribution is 2.29. The summed E-state index contributed by atoms with van der Waals surface area (Å²) in [4.78, 5) is 13.9. The third-order valence-corrected chi connectivity index (χ3v) is 5.55. The molecule has 1 fully saturated rings. The number of sulfonamides is 1. The van der Waals surface area contributed by atoms with Crippen molar-refractivity contribution in [3.8, 4) is 11.5 Å². The van der Waals surface area contributed by atoms with Gasteiger partial charge in [-0.2, -0.15) is 0 Å². The summed E-state index contributed by atoms with van der Waals surface area (Å²) in [6.45, 7) is 0.962. The van der Waals surface area contributed by atoms with E-state index in [1.165, 1.54) is 32.4 Å². The molecule has 1 heterocycles. The smallest absolute Gasteiger partial charge is 0.241 e. The van der Waals surface area contributed by atoms with Gasteiger partial charge in [0, 0.05) is 32.2 Å². The fourth-order valence-electron chi connectivity index (χ4n) is 2.82. The molecule has 0 bridgehead atoms. The number of carbonyl (C=O) groups is 1. The van der Waals surface area contributed by atoms with Crippen molar-refractivity contribution in [1.29, 1.82) is 0 Å². The lowest BCUT2D eigenvalue weighted by molar-refractivity contribution is -0.124. The molecular weight excluding hydrogens is 334 g/mol. The Hall–Kier alpha value is -1.84. The van der Waals surface area contributed by atoms with Crippen LogP contribution in [-0.4, -0.2) is 66.7 Å². The van der Waals surface area contributed by atoms with Crippen molar-refractivity contribution in [2.45, 2.75) is 10.9 Å². The number of benzene rings is 1. The normalized spacial score (nSPS) is 21.5. The van der Waals surface area contributed by atoms with Crippen molar-refractivity contribution >= 4 is 15.9 Å². The number of carbonyl (C=O) groups excluding carboxylic acids is 1. The molecule has 1 aliphatic rings. The van der Waals surface area contributed by atoms with E-state index < -0.39 is 22.0 Å². The van der Waals surface area contributed by atoms with Gasteiger partial charge in [0.25, 0.3) is 0 Å². The minimum absolute atomic E-state index is 0.0605. The van der Waals surface area contributed by atoms with Crippen LogP contribution in [0.5, 0.6) is 11.5 Å². The lowest BCUT2D eigenvalue weighted by Gasteiger charge is -2.19. The van der Waals surface area contributed by atoms with Gasteiger partial charge in [-0.1, -0.05) is 0 Å². The summed E-state index contributed by atoms with van der Waals surface area (Å²) in [5, 5.41) is 2.58. The number of nitrogens with zero attached hydrogens (tertiary/aromatic N) is 1. The van der Waals surface area contributed by atoms with Crippen LogP contribution in [-0.2, 0) is 14.8 Å². The Kier molecular flexibility index (Phi) is 5.68. The van der Waals surface area contributed by atoms with Gasteiger partial charge in [-0.15, -0.1) is 0 Å². The first kappa shape index (κ1) is 18.5. The molecule has 0 aliphatic carbocycles. The summed E-state index contributed by atoms with van der Waals surface area (Å²) in [6.07, 6.45) is 0. The summed E-state index contributed by atoms with van der Waals surface area (Å²) >= 11 is 0. The van der Waals surface area contributed by atoms with Crippen LogP contribution in [0, 0.1) is 5.92 Å². The van der Waals surface area contributed by atoms with E-state index in [2.05, 4.69) is 10.0 Å². The summed E-state index contributed by atoms with van der Waals surface area (Å²) in [6, 6.07) is 3.88. The Bertz CT molecular complexity index is 707. The molecular formula is C15H23N3O5S. The minimum Gasteiger partial charge on any atom is -0.493 e. The van der Waals surface area contributed by atoms with Gasteiger partial charge in [0.15, 0.2) is 11.5 Å². The Morgan fingerprint density at radius 3 is 2.46 bits per heavy atom. The van der Waals surface area contributed by atoms with Gasteiger partial charge >= 0.3 is 0 Å². The predicted molar refractivity (Wildman–Crippen MR) is 88.7 cm³/mol. The molecule has 2 atom stereocenters. The number of ether oxygens (including phenoxy) is 2. The lowest BCUT2D eigenvalue weighted by atomic mass is 10.0. The second-order valence-electron chi connectivity index (χ2n) is 5.69. The zero-order chi connectivity index (χ0) is 17.9. The average Bonchev–Trinajstić information content (AvgIpc) is 2.92. The van der Waals surface area contributed by atoms with Gasteiger partial charge in [-0.25, -0.2) is 13.1 Å². The van der Waals surface area contributed by atoms with E-state index >= 15 is 0 Å². The van der Waals surface area contributed by atoms with Crippen LogP contribution in [0.4, 0.5) is 0 Å². The number of nitrogens with one attached hydrogen (secondary N) is 2. The summed E-state index contributed by atoms with van der Waals surface area (Å²) in [5.74, 6) is 0.154. The molecule has 0 radical (unpaired) electrons. The van der Waals surface area contributed by atoms with Crippen LogP contribution >= 0.6 is 0 Å². The van der Waals surface area contributed by atoms with Gasteiger partial charge in [0.1, 0.15) is 0 Å². The van der Waals surface area contributed by atoms with Crippen LogP contribution in [0.15, 0.2) is 23.1 Å². The Balaban J connectivity index is 2.26. The van der Waals surface area contributed by atoms with Crippen LogP contribution in [0.25, 0.3) is 0 Å². The van der Waals surface area contributed by atoms with Crippen LogP contribution < -0.4 is 19.5 Å². The second-order valence-corrected chi connectivity index (χ2v) is 7.40. The molecule has 1 aromatic rings. The molecule has 8 nitrogen and oxygen atoms in total. The first-order valence-corrected chi connectivity index (χ1v) is 8.95. The van der Waals surface area contributed by atoms with E-state index in [-0.39, 0.29) is 10.8 Å². The number of hydrogen-bond donors (Lipinski definition) is 2. The van der Waals surface area contributed by atoms with Crippen molar-refractivity contribution in [1.82, 2.24) is 14.9 Å². The quantitative estimate of drug-likeness (QED) is 0.723. The van der Waals surface area contributed by atoms with Crippen LogP contribution in [0.3, 0.4) is 0 Å². The number of amides is 1. The standard InChI is InChI=1S/C15H23N3O5S/c1-16-15(19)11-8-18(2)9-12(11)17-24(20,21)10-5-6-13(22-3)14(7-10)23-4/h5-7,11-12,17H,8-9H2,1-4H3,(H,16,19)/t11-,12-/m0/s1. The van der Waals surface area contributed by atoms with Crippen molar-refractivity contribution in [2.24, 2.45) is 5.92 Å². The Morgan fingerprint density at radius 2 is 1.88 bits per heavy atom. The zero-order valence-corrected chi connectivity index (χ0v) is 15.0. The van der Waals surface area contributed by atoms with E-state index in [1.54, 1.807) is 7.05 Å². The highest BCUT2D eigenvalue weighted by atomic mass is 32.2. The fraction of sp³-hybridized carbons (Fsp3) is 0.533. The molecule has 24 heavy (non-hydrogen) atoms. The maximum absolute atomic E-state index is 12.7. The first-order valence-electron chi connectivity index (χ1n) is 7.47. The summed E-state index contributed by atoms with van der Waals surface area (Å²) < 4.78 is 38.2. The number of rotatable bonds is 6. The number of methoxy groups -OCH3 is 2. The molecule has 0 aromatic heterocycles. The van der Waals surface area contributed by atoms with Crippen molar-refractivity contribution < 1.29 is 22.7 Å². The zero-order valence-electron chi connectivity index (χ0n) is 14.2. The van der Waals surface area contributed by atoms with Crippen LogP contribution in [0.1, 0.15) is 0 Å².